The summed E-state index contributed by atoms with van der Waals surface area (Å²) in [5.74, 6) is 3.74. The van der Waals surface area contributed by atoms with Gasteiger partial charge < -0.3 is 9.47 Å². The maximum absolute atomic E-state index is 5.89. The van der Waals surface area contributed by atoms with Gasteiger partial charge in [0.05, 0.1) is 19.3 Å². The fraction of sp³-hybridized carbons (Fsp3) is 1.00. The lowest BCUT2D eigenvalue weighted by Gasteiger charge is -2.28. The molecule has 0 spiro atoms. The van der Waals surface area contributed by atoms with Crippen molar-refractivity contribution in [2.45, 2.75) is 34.9 Å². The van der Waals surface area contributed by atoms with Gasteiger partial charge in [0.25, 0.3) is 0 Å². The van der Waals surface area contributed by atoms with Gasteiger partial charge in [-0.3, -0.25) is 0 Å². The molecule has 0 saturated carbocycles. The maximum atomic E-state index is 5.89. The summed E-state index contributed by atoms with van der Waals surface area (Å²) in [6.07, 6.45) is 2.85. The number of hydrogen-bond donors (Lipinski definition) is 0. The van der Waals surface area contributed by atoms with Gasteiger partial charge in [0.2, 0.25) is 0 Å². The molecule has 0 N–H and O–H groups in total. The second-order valence-corrected chi connectivity index (χ2v) is 8.40. The van der Waals surface area contributed by atoms with E-state index in [4.69, 9.17) is 9.47 Å². The van der Waals surface area contributed by atoms with E-state index in [1.54, 1.807) is 0 Å². The van der Waals surface area contributed by atoms with Crippen molar-refractivity contribution in [1.29, 1.82) is 0 Å². The van der Waals surface area contributed by atoms with Gasteiger partial charge in [-0.25, -0.2) is 0 Å². The summed E-state index contributed by atoms with van der Waals surface area (Å²) in [5, 5.41) is 1.62. The molecule has 0 radical (unpaired) electrons. The highest BCUT2D eigenvalue weighted by Crippen LogP contribution is 2.34. The molecule has 3 fully saturated rings. The second-order valence-electron chi connectivity index (χ2n) is 4.54. The zero-order valence-corrected chi connectivity index (χ0v) is 11.7. The van der Waals surface area contributed by atoms with Gasteiger partial charge in [0.1, 0.15) is 5.44 Å². The summed E-state index contributed by atoms with van der Waals surface area (Å²) in [6, 6.07) is 0. The molecule has 0 amide bonds. The van der Waals surface area contributed by atoms with Crippen LogP contribution in [0.4, 0.5) is 0 Å². The van der Waals surface area contributed by atoms with Gasteiger partial charge in [0.15, 0.2) is 0 Å². The molecule has 3 aliphatic rings. The molecule has 16 heavy (non-hydrogen) atoms. The molecule has 0 aromatic rings. The van der Waals surface area contributed by atoms with Gasteiger partial charge in [-0.15, -0.1) is 11.8 Å². The van der Waals surface area contributed by atoms with Crippen LogP contribution in [0.5, 0.6) is 0 Å². The van der Waals surface area contributed by atoms with E-state index in [9.17, 15) is 0 Å². The summed E-state index contributed by atoms with van der Waals surface area (Å²) in [6.45, 7) is 1.94. The Morgan fingerprint density at radius 2 is 1.50 bits per heavy atom. The third kappa shape index (κ3) is 4.02. The Balaban J connectivity index is 1.28. The lowest BCUT2D eigenvalue weighted by molar-refractivity contribution is 0.0428. The molecule has 2 nitrogen and oxygen atoms in total. The summed E-state index contributed by atoms with van der Waals surface area (Å²) < 4.78 is 11.8. The predicted octanol–water partition coefficient (Wildman–Crippen LogP) is 2.47. The van der Waals surface area contributed by atoms with E-state index >= 15 is 0 Å². The molecule has 3 saturated heterocycles. The van der Waals surface area contributed by atoms with E-state index in [1.807, 2.05) is 35.3 Å². The average Bonchev–Trinajstić information content (AvgIpc) is 3.17. The predicted molar refractivity (Wildman–Crippen MR) is 73.7 cm³/mol. The van der Waals surface area contributed by atoms with Gasteiger partial charge in [0, 0.05) is 27.8 Å². The Kier molecular flexibility index (Phi) is 4.31. The molecular weight excluding hydrogens is 260 g/mol. The first kappa shape index (κ1) is 12.0. The van der Waals surface area contributed by atoms with Crippen LogP contribution in [0, 0.1) is 0 Å². The van der Waals surface area contributed by atoms with Crippen molar-refractivity contribution in [1.82, 2.24) is 0 Å². The van der Waals surface area contributed by atoms with Crippen LogP contribution in [0.1, 0.15) is 12.8 Å². The first-order chi connectivity index (χ1) is 7.90. The van der Waals surface area contributed by atoms with Crippen molar-refractivity contribution in [3.63, 3.8) is 0 Å². The van der Waals surface area contributed by atoms with Crippen LogP contribution in [-0.2, 0) is 9.47 Å². The number of ether oxygens (including phenoxy) is 2. The largest absolute Gasteiger partial charge is 0.376 e. The second kappa shape index (κ2) is 5.74. The molecule has 0 aromatic carbocycles. The number of thioether (sulfide) groups is 3. The Labute approximate surface area is 110 Å². The van der Waals surface area contributed by atoms with Crippen molar-refractivity contribution in [2.75, 3.05) is 30.5 Å². The number of rotatable bonds is 6. The first-order valence-corrected chi connectivity index (χ1v) is 9.13. The van der Waals surface area contributed by atoms with E-state index < -0.39 is 0 Å². The van der Waals surface area contributed by atoms with Crippen LogP contribution in [0.25, 0.3) is 0 Å². The van der Waals surface area contributed by atoms with Crippen LogP contribution in [0.15, 0.2) is 0 Å². The van der Waals surface area contributed by atoms with Crippen molar-refractivity contribution in [3.05, 3.63) is 0 Å². The third-order valence-electron chi connectivity index (χ3n) is 2.98. The van der Waals surface area contributed by atoms with Crippen LogP contribution < -0.4 is 0 Å². The first-order valence-electron chi connectivity index (χ1n) is 5.98. The summed E-state index contributed by atoms with van der Waals surface area (Å²) in [4.78, 5) is 0. The Morgan fingerprint density at radius 3 is 2.06 bits per heavy atom. The van der Waals surface area contributed by atoms with Gasteiger partial charge in [-0.05, 0) is 12.8 Å². The zero-order valence-electron chi connectivity index (χ0n) is 9.30. The van der Waals surface area contributed by atoms with E-state index in [0.717, 1.165) is 29.5 Å². The highest BCUT2D eigenvalue weighted by Gasteiger charge is 2.29. The summed E-state index contributed by atoms with van der Waals surface area (Å²) in [5.41, 5.74) is 0.441. The van der Waals surface area contributed by atoms with Crippen molar-refractivity contribution < 1.29 is 9.47 Å². The SMILES string of the molecule is C1CC(OCC2CS2)SCC1OCC1CS1. The molecule has 3 rings (SSSR count). The minimum Gasteiger partial charge on any atom is -0.376 e. The van der Waals surface area contributed by atoms with Crippen LogP contribution in [-0.4, -0.2) is 52.5 Å². The fourth-order valence-electron chi connectivity index (χ4n) is 1.75. The quantitative estimate of drug-likeness (QED) is 0.693. The molecule has 3 heterocycles. The molecule has 92 valence electrons. The lowest BCUT2D eigenvalue weighted by atomic mass is 10.2. The normalized spacial score (nSPS) is 42.0. The van der Waals surface area contributed by atoms with Crippen LogP contribution in [0.3, 0.4) is 0 Å². The summed E-state index contributed by atoms with van der Waals surface area (Å²) in [7, 11) is 0. The van der Waals surface area contributed by atoms with Crippen molar-refractivity contribution >= 4 is 35.3 Å². The molecule has 3 aliphatic heterocycles. The third-order valence-corrected chi connectivity index (χ3v) is 6.17. The number of hydrogen-bond acceptors (Lipinski definition) is 5. The van der Waals surface area contributed by atoms with E-state index in [1.165, 1.54) is 24.3 Å². The van der Waals surface area contributed by atoms with Crippen LogP contribution in [0.2, 0.25) is 0 Å². The van der Waals surface area contributed by atoms with E-state index in [0.29, 0.717) is 11.5 Å². The van der Waals surface area contributed by atoms with Crippen LogP contribution >= 0.6 is 35.3 Å². The summed E-state index contributed by atoms with van der Waals surface area (Å²) >= 11 is 5.98. The van der Waals surface area contributed by atoms with Crippen molar-refractivity contribution in [3.8, 4) is 0 Å². The van der Waals surface area contributed by atoms with Gasteiger partial charge >= 0.3 is 0 Å². The fourth-order valence-corrected chi connectivity index (χ4v) is 3.74. The highest BCUT2D eigenvalue weighted by molar-refractivity contribution is 8.07. The standard InChI is InChI=1S/C11H18O2S3/c1-2-11(13-4-10-7-15-10)16-5-8(1)12-3-9-6-14-9/h8-11H,1-7H2. The topological polar surface area (TPSA) is 18.5 Å². The smallest absolute Gasteiger partial charge is 0.103 e. The van der Waals surface area contributed by atoms with Crippen molar-refractivity contribution in [2.24, 2.45) is 0 Å². The lowest BCUT2D eigenvalue weighted by Crippen LogP contribution is -2.28. The monoisotopic (exact) mass is 278 g/mol. The molecular formula is C11H18O2S3. The molecule has 0 bridgehead atoms. The molecule has 4 atom stereocenters. The maximum Gasteiger partial charge on any atom is 0.103 e. The minimum atomic E-state index is 0.441. The zero-order chi connectivity index (χ0) is 10.8. The Bertz CT molecular complexity index is 199. The molecule has 0 aromatic heterocycles. The Morgan fingerprint density at radius 1 is 0.812 bits per heavy atom. The van der Waals surface area contributed by atoms with E-state index in [2.05, 4.69) is 0 Å². The Hall–Kier alpha value is 0.970. The average molecular weight is 278 g/mol. The minimum absolute atomic E-state index is 0.441. The molecule has 0 aliphatic carbocycles. The van der Waals surface area contributed by atoms with E-state index in [-0.39, 0.29) is 0 Å². The van der Waals surface area contributed by atoms with Gasteiger partial charge in [-0.2, -0.15) is 23.5 Å². The molecule has 4 unspecified atom stereocenters. The van der Waals surface area contributed by atoms with Gasteiger partial charge in [-0.1, -0.05) is 0 Å². The highest BCUT2D eigenvalue weighted by atomic mass is 32.2. The molecule has 5 heteroatoms.